The van der Waals surface area contributed by atoms with Crippen LogP contribution in [0.2, 0.25) is 0 Å². The van der Waals surface area contributed by atoms with Gasteiger partial charge >= 0.3 is 17.6 Å². The van der Waals surface area contributed by atoms with Gasteiger partial charge < -0.3 is 24.7 Å². The zero-order valence-electron chi connectivity index (χ0n) is 19.4. The Morgan fingerprint density at radius 1 is 1.00 bits per heavy atom. The molecule has 0 amide bonds. The fourth-order valence-corrected chi connectivity index (χ4v) is 4.75. The van der Waals surface area contributed by atoms with Crippen LogP contribution in [0.3, 0.4) is 0 Å². The van der Waals surface area contributed by atoms with Crippen molar-refractivity contribution in [3.63, 3.8) is 0 Å². The van der Waals surface area contributed by atoms with E-state index in [-0.39, 0.29) is 23.7 Å². The van der Waals surface area contributed by atoms with Crippen molar-refractivity contribution >= 4 is 22.9 Å². The molecule has 8 heteroatoms. The van der Waals surface area contributed by atoms with E-state index >= 15 is 0 Å². The van der Waals surface area contributed by atoms with Crippen molar-refractivity contribution in [3.05, 3.63) is 99.9 Å². The van der Waals surface area contributed by atoms with Gasteiger partial charge in [0, 0.05) is 29.9 Å². The van der Waals surface area contributed by atoms with Crippen molar-refractivity contribution in [3.8, 4) is 16.9 Å². The Kier molecular flexibility index (Phi) is 5.81. The normalized spacial score (nSPS) is 14.1. The summed E-state index contributed by atoms with van der Waals surface area (Å²) in [4.78, 5) is 37.5. The summed E-state index contributed by atoms with van der Waals surface area (Å²) in [5.74, 6) is -2.45. The summed E-state index contributed by atoms with van der Waals surface area (Å²) in [6, 6.07) is 21.5. The minimum absolute atomic E-state index is 0.0754. The van der Waals surface area contributed by atoms with E-state index in [1.807, 2.05) is 48.5 Å². The number of esters is 1. The molecule has 5 rings (SSSR count). The van der Waals surface area contributed by atoms with Crippen molar-refractivity contribution in [1.29, 1.82) is 0 Å². The molecular formula is C28H23NO7. The van der Waals surface area contributed by atoms with E-state index in [1.165, 1.54) is 13.2 Å². The van der Waals surface area contributed by atoms with E-state index in [9.17, 15) is 19.5 Å². The van der Waals surface area contributed by atoms with Crippen LogP contribution in [0.1, 0.15) is 22.6 Å². The van der Waals surface area contributed by atoms with Gasteiger partial charge in [0.05, 0.1) is 7.11 Å². The average molecular weight is 485 g/mol. The molecule has 0 spiro atoms. The Bertz CT molecular complexity index is 1510. The van der Waals surface area contributed by atoms with Gasteiger partial charge in [-0.1, -0.05) is 48.5 Å². The van der Waals surface area contributed by atoms with Crippen LogP contribution < -0.4 is 16.1 Å². The highest BCUT2D eigenvalue weighted by Crippen LogP contribution is 2.44. The summed E-state index contributed by atoms with van der Waals surface area (Å²) >= 11 is 0. The summed E-state index contributed by atoms with van der Waals surface area (Å²) in [5, 5.41) is 10.4. The van der Waals surface area contributed by atoms with Crippen LogP contribution in [0.15, 0.2) is 82.0 Å². The first-order valence-electron chi connectivity index (χ1n) is 11.3. The Morgan fingerprint density at radius 2 is 1.64 bits per heavy atom. The van der Waals surface area contributed by atoms with Crippen LogP contribution >= 0.6 is 0 Å². The number of carbonyl (C=O) groups is 2. The van der Waals surface area contributed by atoms with Crippen LogP contribution in [0.4, 0.5) is 0 Å². The van der Waals surface area contributed by atoms with E-state index < -0.39 is 29.5 Å². The molecule has 0 radical (unpaired) electrons. The summed E-state index contributed by atoms with van der Waals surface area (Å²) < 4.78 is 15.9. The molecule has 0 fully saturated rings. The first kappa shape index (κ1) is 23.3. The number of hydrogen-bond acceptors (Lipinski definition) is 7. The number of ether oxygens (including phenoxy) is 2. The zero-order chi connectivity index (χ0) is 25.4. The Labute approximate surface area is 205 Å². The van der Waals surface area contributed by atoms with Gasteiger partial charge in [-0.2, -0.15) is 0 Å². The van der Waals surface area contributed by atoms with Gasteiger partial charge in [-0.05, 0) is 39.9 Å². The van der Waals surface area contributed by atoms with Gasteiger partial charge in [-0.25, -0.2) is 14.4 Å². The van der Waals surface area contributed by atoms with Crippen molar-refractivity contribution in [2.45, 2.75) is 17.9 Å². The van der Waals surface area contributed by atoms with Crippen LogP contribution in [0, 0.1) is 0 Å². The monoisotopic (exact) mass is 485 g/mol. The first-order valence-corrected chi connectivity index (χ1v) is 11.3. The molecule has 182 valence electrons. The van der Waals surface area contributed by atoms with E-state index in [0.717, 1.165) is 28.3 Å². The summed E-state index contributed by atoms with van der Waals surface area (Å²) in [7, 11) is 1.47. The lowest BCUT2D eigenvalue weighted by Crippen LogP contribution is -2.57. The van der Waals surface area contributed by atoms with Crippen molar-refractivity contribution in [1.82, 2.24) is 0 Å². The fraction of sp³-hybridized carbons (Fsp3) is 0.179. The molecule has 4 aromatic rings. The molecule has 1 aliphatic rings. The summed E-state index contributed by atoms with van der Waals surface area (Å²) in [6.45, 7) is -0.0754. The number of rotatable bonds is 7. The molecule has 0 saturated heterocycles. The molecule has 36 heavy (non-hydrogen) atoms. The van der Waals surface area contributed by atoms with E-state index in [4.69, 9.17) is 19.6 Å². The Morgan fingerprint density at radius 3 is 2.25 bits per heavy atom. The lowest BCUT2D eigenvalue weighted by atomic mass is 9.90. The van der Waals surface area contributed by atoms with Gasteiger partial charge in [-0.3, -0.25) is 0 Å². The third-order valence-corrected chi connectivity index (χ3v) is 6.60. The number of fused-ring (bicyclic) bond motifs is 4. The van der Waals surface area contributed by atoms with Crippen LogP contribution in [-0.4, -0.2) is 36.3 Å². The maximum Gasteiger partial charge on any atom is 0.338 e. The van der Waals surface area contributed by atoms with Gasteiger partial charge in [0.25, 0.3) is 0 Å². The molecule has 1 aromatic heterocycles. The highest BCUT2D eigenvalue weighted by Gasteiger charge is 2.45. The fourth-order valence-electron chi connectivity index (χ4n) is 4.75. The molecule has 0 saturated carbocycles. The van der Waals surface area contributed by atoms with Gasteiger partial charge in [0.15, 0.2) is 0 Å². The summed E-state index contributed by atoms with van der Waals surface area (Å²) in [5.41, 5.74) is 7.55. The predicted octanol–water partition coefficient (Wildman–Crippen LogP) is 3.48. The number of hydrogen-bond donors (Lipinski definition) is 2. The third kappa shape index (κ3) is 3.91. The lowest BCUT2D eigenvalue weighted by Gasteiger charge is -2.24. The first-order chi connectivity index (χ1) is 17.3. The number of benzene rings is 3. The molecule has 0 unspecified atom stereocenters. The number of carboxylic acid groups (broad SMARTS) is 1. The second-order valence-corrected chi connectivity index (χ2v) is 8.73. The van der Waals surface area contributed by atoms with Crippen molar-refractivity contribution in [2.75, 3.05) is 13.7 Å². The number of carboxylic acids is 1. The lowest BCUT2D eigenvalue weighted by molar-refractivity contribution is -0.161. The van der Waals surface area contributed by atoms with Gasteiger partial charge in [0.2, 0.25) is 5.54 Å². The summed E-state index contributed by atoms with van der Waals surface area (Å²) in [6.07, 6.45) is -0.465. The van der Waals surface area contributed by atoms with Crippen LogP contribution in [0.25, 0.3) is 22.1 Å². The van der Waals surface area contributed by atoms with Gasteiger partial charge in [-0.15, -0.1) is 0 Å². The topological polar surface area (TPSA) is 129 Å². The highest BCUT2D eigenvalue weighted by molar-refractivity contribution is 6.04. The second-order valence-electron chi connectivity index (χ2n) is 8.73. The Hall–Kier alpha value is -4.43. The highest BCUT2D eigenvalue weighted by atomic mass is 16.5. The molecule has 1 aliphatic carbocycles. The number of methoxy groups -OCH3 is 1. The molecular weight excluding hydrogens is 462 g/mol. The second kappa shape index (κ2) is 8.98. The number of carbonyl (C=O) groups excluding carboxylic acids is 1. The zero-order valence-corrected chi connectivity index (χ0v) is 19.4. The maximum absolute atomic E-state index is 13.2. The Balaban J connectivity index is 1.44. The van der Waals surface area contributed by atoms with Crippen LogP contribution in [0.5, 0.6) is 5.75 Å². The van der Waals surface area contributed by atoms with E-state index in [2.05, 4.69) is 0 Å². The van der Waals surface area contributed by atoms with E-state index in [1.54, 1.807) is 12.1 Å². The molecule has 0 bridgehead atoms. The minimum Gasteiger partial charge on any atom is -0.497 e. The predicted molar refractivity (Wildman–Crippen MR) is 132 cm³/mol. The van der Waals surface area contributed by atoms with E-state index in [0.29, 0.717) is 11.1 Å². The average Bonchev–Trinajstić information content (AvgIpc) is 3.20. The molecule has 3 N–H and O–H groups in total. The van der Waals surface area contributed by atoms with Crippen LogP contribution in [-0.2, 0) is 20.7 Å². The third-order valence-electron chi connectivity index (χ3n) is 6.60. The molecule has 1 atom stereocenters. The van der Waals surface area contributed by atoms with Gasteiger partial charge in [0.1, 0.15) is 17.9 Å². The standard InChI is InChI=1S/C28H23NO7/c1-34-17-10-11-18-16(12-25(30)36-24(18)13-17)14-28(29,26(31)32)27(33)35-15-23-21-8-4-2-6-19(21)20-7-3-5-9-22(20)23/h2-13,23H,14-15,29H2,1H3,(H,31,32)/t28-/m0/s1. The smallest absolute Gasteiger partial charge is 0.338 e. The van der Waals surface area contributed by atoms with Crippen molar-refractivity contribution < 1.29 is 28.6 Å². The molecule has 8 nitrogen and oxygen atoms in total. The number of nitrogens with two attached hydrogens (primary N) is 1. The molecule has 0 aliphatic heterocycles. The van der Waals surface area contributed by atoms with Crippen molar-refractivity contribution in [2.24, 2.45) is 5.73 Å². The number of aliphatic carboxylic acids is 1. The molecule has 1 heterocycles. The molecule has 3 aromatic carbocycles. The minimum atomic E-state index is -2.42. The maximum atomic E-state index is 13.2. The largest absolute Gasteiger partial charge is 0.497 e. The quantitative estimate of drug-likeness (QED) is 0.231. The SMILES string of the molecule is COc1ccc2c(C[C@](N)(C(=O)O)C(=O)OCC3c4ccccc4-c4ccccc43)cc(=O)oc2c1.